The monoisotopic (exact) mass is 239 g/mol. The molecule has 1 N–H and O–H groups in total. The lowest BCUT2D eigenvalue weighted by molar-refractivity contribution is 0.375. The predicted octanol–water partition coefficient (Wildman–Crippen LogP) is 2.61. The molecular weight excluding hydrogens is 214 g/mol. The van der Waals surface area contributed by atoms with Crippen LogP contribution >= 0.6 is 0 Å². The SMILES string of the molecule is CCCn1ncc(OC)c1C(CC(C)C)NC. The zero-order valence-corrected chi connectivity index (χ0v) is 11.7. The van der Waals surface area contributed by atoms with Gasteiger partial charge in [-0.15, -0.1) is 0 Å². The minimum Gasteiger partial charge on any atom is -0.493 e. The lowest BCUT2D eigenvalue weighted by Gasteiger charge is -2.20. The third kappa shape index (κ3) is 3.46. The standard InChI is InChI=1S/C13H25N3O/c1-6-7-16-13(12(17-5)9-15-16)11(14-4)8-10(2)3/h9-11,14H,6-8H2,1-5H3. The molecule has 0 bridgehead atoms. The number of methoxy groups -OCH3 is 1. The van der Waals surface area contributed by atoms with E-state index in [0.29, 0.717) is 12.0 Å². The molecule has 1 unspecified atom stereocenters. The molecule has 1 rings (SSSR count). The molecule has 0 radical (unpaired) electrons. The molecule has 0 saturated carbocycles. The Morgan fingerprint density at radius 2 is 2.18 bits per heavy atom. The number of hydrogen-bond donors (Lipinski definition) is 1. The summed E-state index contributed by atoms with van der Waals surface area (Å²) in [7, 11) is 3.70. The highest BCUT2D eigenvalue weighted by Crippen LogP contribution is 2.29. The van der Waals surface area contributed by atoms with Gasteiger partial charge in [0.05, 0.1) is 25.0 Å². The minimum atomic E-state index is 0.305. The molecule has 0 aliphatic rings. The Balaban J connectivity index is 3.00. The van der Waals surface area contributed by atoms with Crippen LogP contribution in [-0.2, 0) is 6.54 Å². The van der Waals surface area contributed by atoms with Crippen molar-refractivity contribution in [2.24, 2.45) is 5.92 Å². The second kappa shape index (κ2) is 6.64. The Morgan fingerprint density at radius 3 is 2.65 bits per heavy atom. The van der Waals surface area contributed by atoms with Crippen LogP contribution in [0, 0.1) is 5.92 Å². The van der Waals surface area contributed by atoms with Crippen molar-refractivity contribution in [1.29, 1.82) is 0 Å². The van der Waals surface area contributed by atoms with E-state index in [1.807, 2.05) is 13.2 Å². The van der Waals surface area contributed by atoms with Gasteiger partial charge in [0.25, 0.3) is 0 Å². The Labute approximate surface area is 104 Å². The maximum atomic E-state index is 5.41. The number of rotatable bonds is 7. The fourth-order valence-electron chi connectivity index (χ4n) is 2.11. The van der Waals surface area contributed by atoms with Crippen molar-refractivity contribution < 1.29 is 4.74 Å². The quantitative estimate of drug-likeness (QED) is 0.795. The van der Waals surface area contributed by atoms with E-state index in [1.54, 1.807) is 7.11 Å². The van der Waals surface area contributed by atoms with E-state index in [2.05, 4.69) is 35.9 Å². The van der Waals surface area contributed by atoms with E-state index in [0.717, 1.165) is 25.1 Å². The van der Waals surface area contributed by atoms with Gasteiger partial charge >= 0.3 is 0 Å². The van der Waals surface area contributed by atoms with Gasteiger partial charge in [-0.3, -0.25) is 4.68 Å². The lowest BCUT2D eigenvalue weighted by atomic mass is 10.0. The molecule has 0 saturated heterocycles. The molecular formula is C13H25N3O. The summed E-state index contributed by atoms with van der Waals surface area (Å²) in [6, 6.07) is 0.305. The Hall–Kier alpha value is -1.03. The van der Waals surface area contributed by atoms with Gasteiger partial charge in [0.15, 0.2) is 5.75 Å². The third-order valence-electron chi connectivity index (χ3n) is 2.89. The first-order chi connectivity index (χ1) is 8.13. The summed E-state index contributed by atoms with van der Waals surface area (Å²) in [5.74, 6) is 1.53. The van der Waals surface area contributed by atoms with Crippen molar-refractivity contribution in [3.63, 3.8) is 0 Å². The normalized spacial score (nSPS) is 13.1. The van der Waals surface area contributed by atoms with Crippen LogP contribution in [-0.4, -0.2) is 23.9 Å². The van der Waals surface area contributed by atoms with E-state index in [-0.39, 0.29) is 0 Å². The summed E-state index contributed by atoms with van der Waals surface area (Å²) in [6.45, 7) is 7.57. The molecule has 0 aromatic carbocycles. The van der Waals surface area contributed by atoms with E-state index in [4.69, 9.17) is 4.74 Å². The van der Waals surface area contributed by atoms with Crippen molar-refractivity contribution in [1.82, 2.24) is 15.1 Å². The molecule has 0 spiro atoms. The van der Waals surface area contributed by atoms with Crippen LogP contribution in [0.15, 0.2) is 6.20 Å². The number of nitrogens with one attached hydrogen (secondary N) is 1. The van der Waals surface area contributed by atoms with Gasteiger partial charge in [-0.25, -0.2) is 0 Å². The van der Waals surface area contributed by atoms with Gasteiger partial charge in [0, 0.05) is 6.54 Å². The summed E-state index contributed by atoms with van der Waals surface area (Å²) < 4.78 is 7.47. The topological polar surface area (TPSA) is 39.1 Å². The highest BCUT2D eigenvalue weighted by molar-refractivity contribution is 5.28. The number of hydrogen-bond acceptors (Lipinski definition) is 3. The van der Waals surface area contributed by atoms with Crippen LogP contribution in [0.3, 0.4) is 0 Å². The van der Waals surface area contributed by atoms with Gasteiger partial charge in [-0.2, -0.15) is 5.10 Å². The molecule has 1 atom stereocenters. The predicted molar refractivity (Wildman–Crippen MR) is 70.3 cm³/mol. The zero-order valence-electron chi connectivity index (χ0n) is 11.7. The first-order valence-electron chi connectivity index (χ1n) is 6.40. The van der Waals surface area contributed by atoms with Gasteiger partial charge in [-0.05, 0) is 25.8 Å². The number of aromatic nitrogens is 2. The second-order valence-corrected chi connectivity index (χ2v) is 4.79. The van der Waals surface area contributed by atoms with E-state index >= 15 is 0 Å². The number of aryl methyl sites for hydroxylation is 1. The molecule has 98 valence electrons. The molecule has 0 aliphatic carbocycles. The fraction of sp³-hybridized carbons (Fsp3) is 0.769. The molecule has 17 heavy (non-hydrogen) atoms. The van der Waals surface area contributed by atoms with Gasteiger partial charge in [-0.1, -0.05) is 20.8 Å². The maximum Gasteiger partial charge on any atom is 0.161 e. The van der Waals surface area contributed by atoms with Gasteiger partial charge in [0.1, 0.15) is 0 Å². The highest BCUT2D eigenvalue weighted by Gasteiger charge is 2.21. The van der Waals surface area contributed by atoms with Crippen molar-refractivity contribution >= 4 is 0 Å². The summed E-state index contributed by atoms with van der Waals surface area (Å²) in [5.41, 5.74) is 1.17. The molecule has 0 amide bonds. The smallest absolute Gasteiger partial charge is 0.161 e. The fourth-order valence-corrected chi connectivity index (χ4v) is 2.11. The maximum absolute atomic E-state index is 5.41. The molecule has 4 nitrogen and oxygen atoms in total. The van der Waals surface area contributed by atoms with Crippen LogP contribution in [0.5, 0.6) is 5.75 Å². The van der Waals surface area contributed by atoms with Crippen molar-refractivity contribution in [2.45, 2.75) is 46.2 Å². The van der Waals surface area contributed by atoms with E-state index in [1.165, 1.54) is 5.69 Å². The van der Waals surface area contributed by atoms with Gasteiger partial charge < -0.3 is 10.1 Å². The minimum absolute atomic E-state index is 0.305. The number of nitrogens with zero attached hydrogens (tertiary/aromatic N) is 2. The van der Waals surface area contributed by atoms with Crippen LogP contribution in [0.1, 0.15) is 45.3 Å². The van der Waals surface area contributed by atoms with Crippen LogP contribution in [0.2, 0.25) is 0 Å². The van der Waals surface area contributed by atoms with Crippen molar-refractivity contribution in [3.05, 3.63) is 11.9 Å². The highest BCUT2D eigenvalue weighted by atomic mass is 16.5. The summed E-state index contributed by atoms with van der Waals surface area (Å²) in [6.07, 6.45) is 3.98. The molecule has 1 aromatic rings. The first-order valence-corrected chi connectivity index (χ1v) is 6.40. The van der Waals surface area contributed by atoms with Crippen LogP contribution in [0.4, 0.5) is 0 Å². The Kier molecular flexibility index (Phi) is 5.48. The van der Waals surface area contributed by atoms with E-state index in [9.17, 15) is 0 Å². The molecule has 1 heterocycles. The molecule has 0 fully saturated rings. The number of ether oxygens (including phenoxy) is 1. The summed E-state index contributed by atoms with van der Waals surface area (Å²) in [4.78, 5) is 0. The second-order valence-electron chi connectivity index (χ2n) is 4.79. The lowest BCUT2D eigenvalue weighted by Crippen LogP contribution is -2.22. The Bertz CT molecular complexity index is 333. The Morgan fingerprint density at radius 1 is 1.47 bits per heavy atom. The average Bonchev–Trinajstić information content (AvgIpc) is 2.69. The third-order valence-corrected chi connectivity index (χ3v) is 2.89. The molecule has 4 heteroatoms. The summed E-state index contributed by atoms with van der Waals surface area (Å²) in [5, 5.41) is 7.77. The van der Waals surface area contributed by atoms with Gasteiger partial charge in [0.2, 0.25) is 0 Å². The first kappa shape index (κ1) is 14.0. The summed E-state index contributed by atoms with van der Waals surface area (Å²) >= 11 is 0. The van der Waals surface area contributed by atoms with E-state index < -0.39 is 0 Å². The average molecular weight is 239 g/mol. The molecule has 0 aliphatic heterocycles. The largest absolute Gasteiger partial charge is 0.493 e. The van der Waals surface area contributed by atoms with Crippen molar-refractivity contribution in [3.8, 4) is 5.75 Å². The van der Waals surface area contributed by atoms with Crippen LogP contribution < -0.4 is 10.1 Å². The van der Waals surface area contributed by atoms with Crippen LogP contribution in [0.25, 0.3) is 0 Å². The molecule has 1 aromatic heterocycles. The zero-order chi connectivity index (χ0) is 12.8. The van der Waals surface area contributed by atoms with Crippen molar-refractivity contribution in [2.75, 3.05) is 14.2 Å².